The van der Waals surface area contributed by atoms with Crippen molar-refractivity contribution in [2.75, 3.05) is 6.54 Å². The number of benzene rings is 3. The molecule has 0 aliphatic rings. The maximum absolute atomic E-state index is 11.1. The Bertz CT molecular complexity index is 1840. The van der Waals surface area contributed by atoms with Gasteiger partial charge in [-0.2, -0.15) is 10.2 Å². The Morgan fingerprint density at radius 3 is 2.56 bits per heavy atom. The van der Waals surface area contributed by atoms with E-state index >= 15 is 0 Å². The van der Waals surface area contributed by atoms with Crippen molar-refractivity contribution in [1.29, 1.82) is 0 Å². The normalized spacial score (nSPS) is 12.1. The van der Waals surface area contributed by atoms with Gasteiger partial charge in [0.25, 0.3) is 5.69 Å². The number of fused-ring (bicyclic) bond motifs is 1. The molecule has 9 nitrogen and oxygen atoms in total. The average Bonchev–Trinajstić information content (AvgIpc) is 3.69. The standard InChI is InChI=1S/C29H22N6O3S/c1-2-30-29-34(25(19-39-29)20-12-14-24(15-13-20)35(36)37)31-17-22-18-33(23-9-4-3-5-10-23)32-28(22)27-16-21-8-6-7-11-26(21)38-27/h3-19H,2H2,1H3. The van der Waals surface area contributed by atoms with Crippen LogP contribution in [0.4, 0.5) is 5.69 Å². The smallest absolute Gasteiger partial charge is 0.269 e. The van der Waals surface area contributed by atoms with E-state index in [1.165, 1.54) is 23.5 Å². The highest BCUT2D eigenvalue weighted by Gasteiger charge is 2.16. The summed E-state index contributed by atoms with van der Waals surface area (Å²) < 4.78 is 9.70. The Labute approximate surface area is 226 Å². The van der Waals surface area contributed by atoms with Crippen LogP contribution in [0, 0.1) is 10.1 Å². The van der Waals surface area contributed by atoms with Crippen molar-refractivity contribution in [1.82, 2.24) is 14.5 Å². The number of para-hydroxylation sites is 2. The van der Waals surface area contributed by atoms with Crippen LogP contribution < -0.4 is 4.80 Å². The van der Waals surface area contributed by atoms with Crippen LogP contribution in [0.5, 0.6) is 0 Å². The number of aromatic nitrogens is 3. The zero-order chi connectivity index (χ0) is 26.8. The Hall–Kier alpha value is -5.09. The third kappa shape index (κ3) is 4.80. The molecule has 0 amide bonds. The molecule has 6 aromatic rings. The maximum Gasteiger partial charge on any atom is 0.269 e. The molecular formula is C29H22N6O3S. The zero-order valence-corrected chi connectivity index (χ0v) is 21.7. The minimum atomic E-state index is -0.411. The van der Waals surface area contributed by atoms with Gasteiger partial charge in [-0.15, -0.1) is 11.3 Å². The van der Waals surface area contributed by atoms with Crippen LogP contribution in [0.3, 0.4) is 0 Å². The second kappa shape index (κ2) is 10.3. The first kappa shape index (κ1) is 24.3. The molecule has 0 saturated heterocycles. The molecule has 6 rings (SSSR count). The number of hydrogen-bond acceptors (Lipinski definition) is 7. The fraction of sp³-hybridized carbons (Fsp3) is 0.0690. The molecule has 0 saturated carbocycles. The summed E-state index contributed by atoms with van der Waals surface area (Å²) in [6.07, 6.45) is 3.65. The Morgan fingerprint density at radius 1 is 1.05 bits per heavy atom. The summed E-state index contributed by atoms with van der Waals surface area (Å²) in [5.41, 5.74) is 4.70. The monoisotopic (exact) mass is 534 g/mol. The quantitative estimate of drug-likeness (QED) is 0.132. The summed E-state index contributed by atoms with van der Waals surface area (Å²) in [6.45, 7) is 2.55. The Morgan fingerprint density at radius 2 is 1.82 bits per heavy atom. The summed E-state index contributed by atoms with van der Waals surface area (Å²) >= 11 is 1.46. The van der Waals surface area contributed by atoms with Crippen LogP contribution in [-0.2, 0) is 0 Å². The first-order chi connectivity index (χ1) is 19.1. The van der Waals surface area contributed by atoms with E-state index in [9.17, 15) is 10.1 Å². The van der Waals surface area contributed by atoms with E-state index in [2.05, 4.69) is 4.99 Å². The molecule has 0 atom stereocenters. The highest BCUT2D eigenvalue weighted by atomic mass is 32.1. The fourth-order valence-electron chi connectivity index (χ4n) is 4.21. The lowest BCUT2D eigenvalue weighted by atomic mass is 10.1. The van der Waals surface area contributed by atoms with Crippen molar-refractivity contribution in [2.24, 2.45) is 10.1 Å². The first-order valence-corrected chi connectivity index (χ1v) is 13.1. The topological polar surface area (TPSA) is 104 Å². The number of rotatable bonds is 7. The number of thiazole rings is 1. The van der Waals surface area contributed by atoms with E-state index < -0.39 is 4.92 Å². The van der Waals surface area contributed by atoms with E-state index in [1.807, 2.05) is 79.2 Å². The molecule has 0 aliphatic heterocycles. The molecule has 0 fully saturated rings. The number of hydrogen-bond donors (Lipinski definition) is 0. The van der Waals surface area contributed by atoms with Gasteiger partial charge in [0.1, 0.15) is 11.3 Å². The molecule has 0 spiro atoms. The van der Waals surface area contributed by atoms with Gasteiger partial charge in [-0.05, 0) is 43.3 Å². The van der Waals surface area contributed by atoms with Gasteiger partial charge in [-0.25, -0.2) is 9.36 Å². The summed E-state index contributed by atoms with van der Waals surface area (Å²) in [7, 11) is 0. The van der Waals surface area contributed by atoms with E-state index in [0.29, 0.717) is 22.8 Å². The highest BCUT2D eigenvalue weighted by Crippen LogP contribution is 2.29. The number of nitrogens with zero attached hydrogens (tertiary/aromatic N) is 6. The lowest BCUT2D eigenvalue weighted by molar-refractivity contribution is -0.384. The van der Waals surface area contributed by atoms with Gasteiger partial charge < -0.3 is 4.42 Å². The molecule has 0 unspecified atom stereocenters. The largest absolute Gasteiger partial charge is 0.454 e. The Kier molecular flexibility index (Phi) is 6.44. The predicted molar refractivity (Wildman–Crippen MR) is 152 cm³/mol. The second-order valence-electron chi connectivity index (χ2n) is 8.60. The van der Waals surface area contributed by atoms with E-state index in [4.69, 9.17) is 14.6 Å². The van der Waals surface area contributed by atoms with Gasteiger partial charge >= 0.3 is 0 Å². The third-order valence-corrected chi connectivity index (χ3v) is 6.94. The highest BCUT2D eigenvalue weighted by molar-refractivity contribution is 7.07. The van der Waals surface area contributed by atoms with Crippen LogP contribution in [0.2, 0.25) is 0 Å². The Balaban J connectivity index is 1.47. The van der Waals surface area contributed by atoms with Gasteiger partial charge in [-0.3, -0.25) is 15.1 Å². The summed E-state index contributed by atoms with van der Waals surface area (Å²) in [5.74, 6) is 0.636. The van der Waals surface area contributed by atoms with Crippen molar-refractivity contribution in [3.63, 3.8) is 0 Å². The molecule has 3 aromatic carbocycles. The SMILES string of the molecule is CCN=c1scc(-c2ccc([N+](=O)[O-])cc2)n1N=Cc1cn(-c2ccccc2)nc1-c1cc2ccccc2o1. The lowest BCUT2D eigenvalue weighted by Gasteiger charge is -2.03. The number of furan rings is 1. The van der Waals surface area contributed by atoms with E-state index in [1.54, 1.807) is 27.7 Å². The van der Waals surface area contributed by atoms with Crippen molar-refractivity contribution < 1.29 is 9.34 Å². The van der Waals surface area contributed by atoms with E-state index in [-0.39, 0.29) is 5.69 Å². The van der Waals surface area contributed by atoms with Gasteiger partial charge in [-0.1, -0.05) is 36.4 Å². The molecule has 39 heavy (non-hydrogen) atoms. The molecular weight excluding hydrogens is 512 g/mol. The molecule has 10 heteroatoms. The summed E-state index contributed by atoms with van der Waals surface area (Å²) in [5, 5.41) is 23.7. The minimum absolute atomic E-state index is 0.0336. The minimum Gasteiger partial charge on any atom is -0.454 e. The van der Waals surface area contributed by atoms with Gasteiger partial charge in [0.15, 0.2) is 5.76 Å². The van der Waals surface area contributed by atoms with E-state index in [0.717, 1.165) is 33.5 Å². The van der Waals surface area contributed by atoms with Crippen molar-refractivity contribution >= 4 is 34.2 Å². The lowest BCUT2D eigenvalue weighted by Crippen LogP contribution is -2.12. The molecule has 0 N–H and O–H groups in total. The average molecular weight is 535 g/mol. The van der Waals surface area contributed by atoms with Crippen LogP contribution in [0.15, 0.2) is 111 Å². The first-order valence-electron chi connectivity index (χ1n) is 12.2. The van der Waals surface area contributed by atoms with Gasteiger partial charge in [0, 0.05) is 46.8 Å². The predicted octanol–water partition coefficient (Wildman–Crippen LogP) is 6.53. The molecule has 3 heterocycles. The molecule has 0 bridgehead atoms. The second-order valence-corrected chi connectivity index (χ2v) is 9.44. The molecule has 3 aromatic heterocycles. The van der Waals surface area contributed by atoms with Crippen LogP contribution in [0.1, 0.15) is 12.5 Å². The summed E-state index contributed by atoms with van der Waals surface area (Å²) in [4.78, 5) is 16.0. The molecule has 0 aliphatic carbocycles. The van der Waals surface area contributed by atoms with Crippen LogP contribution >= 0.6 is 11.3 Å². The number of non-ortho nitro benzene ring substituents is 1. The van der Waals surface area contributed by atoms with Gasteiger partial charge in [0.05, 0.1) is 22.5 Å². The van der Waals surface area contributed by atoms with Gasteiger partial charge in [0.2, 0.25) is 4.80 Å². The molecule has 192 valence electrons. The van der Waals surface area contributed by atoms with Crippen molar-refractivity contribution in [3.05, 3.63) is 117 Å². The molecule has 0 radical (unpaired) electrons. The summed E-state index contributed by atoms with van der Waals surface area (Å²) in [6, 6.07) is 26.1. The zero-order valence-electron chi connectivity index (χ0n) is 20.8. The van der Waals surface area contributed by atoms with Crippen LogP contribution in [0.25, 0.3) is 39.4 Å². The third-order valence-electron chi connectivity index (χ3n) is 6.09. The van der Waals surface area contributed by atoms with Crippen molar-refractivity contribution in [2.45, 2.75) is 6.92 Å². The number of nitro benzene ring substituents is 1. The van der Waals surface area contributed by atoms with Crippen LogP contribution in [-0.4, -0.2) is 32.1 Å². The fourth-order valence-corrected chi connectivity index (χ4v) is 5.11. The maximum atomic E-state index is 11.1. The number of nitro groups is 1. The van der Waals surface area contributed by atoms with Crippen molar-refractivity contribution in [3.8, 4) is 28.4 Å².